The highest BCUT2D eigenvalue weighted by Gasteiger charge is 2.40. The minimum Gasteiger partial charge on any atom is -0.341 e. The molecule has 0 N–H and O–H groups in total. The number of anilines is 1. The summed E-state index contributed by atoms with van der Waals surface area (Å²) in [6.45, 7) is 4.64. The van der Waals surface area contributed by atoms with Gasteiger partial charge in [-0.15, -0.1) is 0 Å². The van der Waals surface area contributed by atoms with Crippen LogP contribution < -0.4 is 4.90 Å². The van der Waals surface area contributed by atoms with Crippen molar-refractivity contribution in [2.45, 2.75) is 32.7 Å². The number of hydrogen-bond acceptors (Lipinski definition) is 5. The van der Waals surface area contributed by atoms with E-state index in [4.69, 9.17) is 4.98 Å². The van der Waals surface area contributed by atoms with E-state index in [0.29, 0.717) is 12.5 Å². The van der Waals surface area contributed by atoms with Gasteiger partial charge in [-0.1, -0.05) is 6.92 Å². The molecule has 0 spiro atoms. The molecule has 1 aliphatic heterocycles. The van der Waals surface area contributed by atoms with E-state index in [2.05, 4.69) is 21.8 Å². The molecule has 0 radical (unpaired) electrons. The van der Waals surface area contributed by atoms with Crippen molar-refractivity contribution >= 4 is 11.9 Å². The highest BCUT2D eigenvalue weighted by atomic mass is 16.2. The zero-order chi connectivity index (χ0) is 18.1. The lowest BCUT2D eigenvalue weighted by Gasteiger charge is -2.21. The van der Waals surface area contributed by atoms with Crippen LogP contribution in [0.15, 0.2) is 30.7 Å². The van der Waals surface area contributed by atoms with Crippen LogP contribution in [0.5, 0.6) is 0 Å². The van der Waals surface area contributed by atoms with Gasteiger partial charge in [-0.05, 0) is 42.9 Å². The highest BCUT2D eigenvalue weighted by molar-refractivity contribution is 5.81. The lowest BCUT2D eigenvalue weighted by atomic mass is 10.1. The first kappa shape index (κ1) is 16.9. The summed E-state index contributed by atoms with van der Waals surface area (Å²) in [4.78, 5) is 30.2. The Kier molecular flexibility index (Phi) is 4.57. The SMILES string of the molecule is C[C@H]1C[C@H]1C(=O)N(C)Cc1nc(N2CCCC2)ncc1-c1ccncc1. The summed E-state index contributed by atoms with van der Waals surface area (Å²) < 4.78 is 0. The van der Waals surface area contributed by atoms with Crippen molar-refractivity contribution < 1.29 is 4.79 Å². The maximum atomic E-state index is 12.6. The van der Waals surface area contributed by atoms with Gasteiger partial charge in [-0.25, -0.2) is 9.97 Å². The monoisotopic (exact) mass is 351 g/mol. The van der Waals surface area contributed by atoms with Gasteiger partial charge < -0.3 is 9.80 Å². The molecule has 3 heterocycles. The predicted octanol–water partition coefficient (Wildman–Crippen LogP) is 2.75. The van der Waals surface area contributed by atoms with Gasteiger partial charge in [-0.3, -0.25) is 9.78 Å². The fourth-order valence-electron chi connectivity index (χ4n) is 3.62. The Morgan fingerprint density at radius 1 is 1.27 bits per heavy atom. The first-order chi connectivity index (χ1) is 12.6. The van der Waals surface area contributed by atoms with Crippen LogP contribution in [0.4, 0.5) is 5.95 Å². The van der Waals surface area contributed by atoms with Crippen molar-refractivity contribution in [1.29, 1.82) is 0 Å². The molecule has 1 amide bonds. The molecule has 2 fully saturated rings. The summed E-state index contributed by atoms with van der Waals surface area (Å²) >= 11 is 0. The number of hydrogen-bond donors (Lipinski definition) is 0. The molecule has 4 rings (SSSR count). The number of pyridine rings is 1. The summed E-state index contributed by atoms with van der Waals surface area (Å²) in [5, 5.41) is 0. The van der Waals surface area contributed by atoms with E-state index < -0.39 is 0 Å². The lowest BCUT2D eigenvalue weighted by molar-refractivity contribution is -0.132. The van der Waals surface area contributed by atoms with Gasteiger partial charge in [0.1, 0.15) is 0 Å². The predicted molar refractivity (Wildman–Crippen MR) is 100 cm³/mol. The van der Waals surface area contributed by atoms with Gasteiger partial charge in [0, 0.05) is 50.2 Å². The number of carbonyl (C=O) groups excluding carboxylic acids is 1. The molecule has 0 unspecified atom stereocenters. The Labute approximate surface area is 154 Å². The maximum Gasteiger partial charge on any atom is 0.226 e. The average Bonchev–Trinajstić information content (AvgIpc) is 3.16. The normalized spacial score (nSPS) is 21.7. The molecule has 2 aromatic heterocycles. The third-order valence-corrected chi connectivity index (χ3v) is 5.43. The van der Waals surface area contributed by atoms with Gasteiger partial charge in [0.2, 0.25) is 11.9 Å². The number of carbonyl (C=O) groups is 1. The Morgan fingerprint density at radius 2 is 1.96 bits per heavy atom. The van der Waals surface area contributed by atoms with Gasteiger partial charge in [-0.2, -0.15) is 0 Å². The van der Waals surface area contributed by atoms with Crippen molar-refractivity contribution in [2.75, 3.05) is 25.0 Å². The molecular formula is C20H25N5O. The van der Waals surface area contributed by atoms with Crippen molar-refractivity contribution in [3.8, 4) is 11.1 Å². The summed E-state index contributed by atoms with van der Waals surface area (Å²) in [5.41, 5.74) is 2.90. The average molecular weight is 351 g/mol. The minimum atomic E-state index is 0.185. The van der Waals surface area contributed by atoms with Crippen LogP contribution in [0.3, 0.4) is 0 Å². The van der Waals surface area contributed by atoms with E-state index in [1.807, 2.05) is 30.3 Å². The summed E-state index contributed by atoms with van der Waals surface area (Å²) in [7, 11) is 1.88. The Balaban J connectivity index is 1.64. The second-order valence-corrected chi connectivity index (χ2v) is 7.47. The second kappa shape index (κ2) is 7.02. The summed E-state index contributed by atoms with van der Waals surface area (Å²) in [6, 6.07) is 3.92. The zero-order valence-electron chi connectivity index (χ0n) is 15.4. The topological polar surface area (TPSA) is 62.2 Å². The van der Waals surface area contributed by atoms with Crippen molar-refractivity contribution in [3.05, 3.63) is 36.4 Å². The van der Waals surface area contributed by atoms with Crippen molar-refractivity contribution in [3.63, 3.8) is 0 Å². The van der Waals surface area contributed by atoms with Crippen LogP contribution in [0.25, 0.3) is 11.1 Å². The molecule has 26 heavy (non-hydrogen) atoms. The first-order valence-corrected chi connectivity index (χ1v) is 9.39. The molecule has 2 aromatic rings. The molecule has 1 saturated heterocycles. The van der Waals surface area contributed by atoms with E-state index in [1.165, 1.54) is 12.8 Å². The molecule has 6 heteroatoms. The largest absolute Gasteiger partial charge is 0.341 e. The smallest absolute Gasteiger partial charge is 0.226 e. The minimum absolute atomic E-state index is 0.185. The Morgan fingerprint density at radius 3 is 2.62 bits per heavy atom. The molecule has 0 aromatic carbocycles. The molecule has 2 atom stereocenters. The number of nitrogens with zero attached hydrogens (tertiary/aromatic N) is 5. The van der Waals surface area contributed by atoms with Crippen LogP contribution in [-0.4, -0.2) is 45.9 Å². The van der Waals surface area contributed by atoms with Gasteiger partial charge in [0.25, 0.3) is 0 Å². The molecule has 0 bridgehead atoms. The van der Waals surface area contributed by atoms with E-state index in [0.717, 1.165) is 42.3 Å². The number of aromatic nitrogens is 3. The van der Waals surface area contributed by atoms with Gasteiger partial charge in [0.15, 0.2) is 0 Å². The third-order valence-electron chi connectivity index (χ3n) is 5.43. The number of rotatable bonds is 5. The Hall–Kier alpha value is -2.50. The first-order valence-electron chi connectivity index (χ1n) is 9.39. The molecule has 136 valence electrons. The zero-order valence-corrected chi connectivity index (χ0v) is 15.4. The second-order valence-electron chi connectivity index (χ2n) is 7.47. The quantitative estimate of drug-likeness (QED) is 0.829. The highest BCUT2D eigenvalue weighted by Crippen LogP contribution is 2.39. The summed E-state index contributed by atoms with van der Waals surface area (Å²) in [5.74, 6) is 1.69. The van der Waals surface area contributed by atoms with E-state index >= 15 is 0 Å². The molecule has 1 saturated carbocycles. The third kappa shape index (κ3) is 3.41. The molecular weight excluding hydrogens is 326 g/mol. The van der Waals surface area contributed by atoms with Crippen LogP contribution in [0, 0.1) is 11.8 Å². The van der Waals surface area contributed by atoms with E-state index in [1.54, 1.807) is 12.4 Å². The van der Waals surface area contributed by atoms with E-state index in [-0.39, 0.29) is 11.8 Å². The van der Waals surface area contributed by atoms with Gasteiger partial charge >= 0.3 is 0 Å². The lowest BCUT2D eigenvalue weighted by Crippen LogP contribution is -2.29. The van der Waals surface area contributed by atoms with Gasteiger partial charge in [0.05, 0.1) is 12.2 Å². The standard InChI is InChI=1S/C20H25N5O/c1-14-11-16(14)19(26)24(2)13-18-17(15-5-7-21-8-6-15)12-22-20(23-18)25-9-3-4-10-25/h5-8,12,14,16H,3-4,9-11,13H2,1-2H3/t14-,16+/m0/s1. The van der Waals surface area contributed by atoms with Crippen molar-refractivity contribution in [2.24, 2.45) is 11.8 Å². The van der Waals surface area contributed by atoms with Crippen LogP contribution in [0.2, 0.25) is 0 Å². The summed E-state index contributed by atoms with van der Waals surface area (Å²) in [6.07, 6.45) is 8.81. The fourth-order valence-corrected chi connectivity index (χ4v) is 3.62. The van der Waals surface area contributed by atoms with Crippen molar-refractivity contribution in [1.82, 2.24) is 19.9 Å². The molecule has 1 aliphatic carbocycles. The fraction of sp³-hybridized carbons (Fsp3) is 0.500. The molecule has 6 nitrogen and oxygen atoms in total. The van der Waals surface area contributed by atoms with Crippen LogP contribution in [-0.2, 0) is 11.3 Å². The van der Waals surface area contributed by atoms with Crippen LogP contribution >= 0.6 is 0 Å². The molecule has 2 aliphatic rings. The maximum absolute atomic E-state index is 12.6. The van der Waals surface area contributed by atoms with Crippen LogP contribution in [0.1, 0.15) is 31.9 Å². The number of amides is 1. The van der Waals surface area contributed by atoms with E-state index in [9.17, 15) is 4.79 Å². The Bertz CT molecular complexity index is 788.